The number of anilines is 1. The van der Waals surface area contributed by atoms with Crippen LogP contribution in [0.25, 0.3) is 11.1 Å². The molecule has 0 aliphatic heterocycles. The number of carboxylic acid groups (broad SMARTS) is 1. The van der Waals surface area contributed by atoms with Crippen molar-refractivity contribution in [3.05, 3.63) is 78.1 Å². The molecule has 10 nitrogen and oxygen atoms in total. The first-order chi connectivity index (χ1) is 17.1. The zero-order chi connectivity index (χ0) is 26.3. The van der Waals surface area contributed by atoms with Gasteiger partial charge in [-0.15, -0.1) is 0 Å². The van der Waals surface area contributed by atoms with Crippen LogP contribution in [-0.2, 0) is 14.8 Å². The molecule has 0 bridgehead atoms. The Balaban J connectivity index is 1.98. The van der Waals surface area contributed by atoms with Crippen molar-refractivity contribution in [2.75, 3.05) is 17.7 Å². The minimum atomic E-state index is -4.37. The molecule has 0 spiro atoms. The molecule has 2 aromatic carbocycles. The Morgan fingerprint density at radius 2 is 1.78 bits per heavy atom. The van der Waals surface area contributed by atoms with Crippen molar-refractivity contribution in [2.45, 2.75) is 17.4 Å². The predicted molar refractivity (Wildman–Crippen MR) is 137 cm³/mol. The fourth-order valence-corrected chi connectivity index (χ4v) is 4.76. The smallest absolute Gasteiger partial charge is 0.326 e. The molecule has 0 fully saturated rings. The molecule has 188 valence electrons. The molecular weight excluding hydrogens is 504 g/mol. The number of aliphatic carboxylic acids is 1. The first kappa shape index (κ1) is 26.7. The van der Waals surface area contributed by atoms with Crippen molar-refractivity contribution >= 4 is 45.3 Å². The normalized spacial score (nSPS) is 11.9. The van der Waals surface area contributed by atoms with E-state index in [-0.39, 0.29) is 33.8 Å². The zero-order valence-corrected chi connectivity index (χ0v) is 20.8. The van der Waals surface area contributed by atoms with Gasteiger partial charge in [0.05, 0.1) is 10.6 Å². The van der Waals surface area contributed by atoms with E-state index in [1.54, 1.807) is 30.3 Å². The van der Waals surface area contributed by atoms with Crippen LogP contribution in [0.3, 0.4) is 0 Å². The number of hydrogen-bond acceptors (Lipinski definition) is 8. The highest BCUT2D eigenvalue weighted by Gasteiger charge is 2.25. The number of benzene rings is 2. The van der Waals surface area contributed by atoms with Crippen molar-refractivity contribution in [1.29, 1.82) is 0 Å². The molecule has 36 heavy (non-hydrogen) atoms. The van der Waals surface area contributed by atoms with Crippen molar-refractivity contribution in [1.82, 2.24) is 15.0 Å². The summed E-state index contributed by atoms with van der Waals surface area (Å²) in [7, 11) is -4.37. The number of amides is 2. The molecule has 0 aliphatic carbocycles. The SMILES string of the molecule is CSCCC(NC(=O)c1ccc(S(=O)(=O)NC(=O)c2ncccc2N)cc1-c1ccccc1)C(=O)O. The van der Waals surface area contributed by atoms with E-state index < -0.39 is 33.8 Å². The summed E-state index contributed by atoms with van der Waals surface area (Å²) in [5, 5.41) is 12.0. The number of carbonyl (C=O) groups is 3. The van der Waals surface area contributed by atoms with Gasteiger partial charge in [-0.05, 0) is 59.9 Å². The molecule has 0 radical (unpaired) electrons. The van der Waals surface area contributed by atoms with E-state index in [4.69, 9.17) is 5.73 Å². The average molecular weight is 529 g/mol. The van der Waals surface area contributed by atoms with Crippen LogP contribution < -0.4 is 15.8 Å². The fourth-order valence-electron chi connectivity index (χ4n) is 3.31. The third-order valence-electron chi connectivity index (χ3n) is 5.13. The number of carbonyl (C=O) groups excluding carboxylic acids is 2. The molecule has 2 amide bonds. The van der Waals surface area contributed by atoms with Crippen molar-refractivity contribution in [3.63, 3.8) is 0 Å². The quantitative estimate of drug-likeness (QED) is 0.309. The van der Waals surface area contributed by atoms with Gasteiger partial charge in [0.2, 0.25) is 0 Å². The summed E-state index contributed by atoms with van der Waals surface area (Å²) in [4.78, 5) is 40.7. The number of rotatable bonds is 10. The van der Waals surface area contributed by atoms with Gasteiger partial charge >= 0.3 is 5.97 Å². The van der Waals surface area contributed by atoms with Gasteiger partial charge in [-0.2, -0.15) is 11.8 Å². The maximum absolute atomic E-state index is 13.1. The fraction of sp³-hybridized carbons (Fsp3) is 0.167. The van der Waals surface area contributed by atoms with Gasteiger partial charge in [0.15, 0.2) is 5.69 Å². The van der Waals surface area contributed by atoms with E-state index in [1.165, 1.54) is 42.2 Å². The molecule has 3 rings (SSSR count). The third-order valence-corrected chi connectivity index (χ3v) is 7.10. The number of carboxylic acids is 1. The molecule has 3 aromatic rings. The molecule has 0 aliphatic rings. The number of sulfonamides is 1. The predicted octanol–water partition coefficient (Wildman–Crippen LogP) is 2.39. The Bertz CT molecular complexity index is 1380. The summed E-state index contributed by atoms with van der Waals surface area (Å²) in [6, 6.07) is 14.0. The Hall–Kier alpha value is -3.90. The summed E-state index contributed by atoms with van der Waals surface area (Å²) in [5.74, 6) is -2.32. The molecule has 1 aromatic heterocycles. The number of nitrogens with one attached hydrogen (secondary N) is 2. The van der Waals surface area contributed by atoms with Crippen molar-refractivity contribution < 1.29 is 27.9 Å². The Morgan fingerprint density at radius 3 is 2.42 bits per heavy atom. The highest BCUT2D eigenvalue weighted by molar-refractivity contribution is 7.98. The minimum absolute atomic E-state index is 0.0108. The standard InChI is InChI=1S/C24H24N4O6S2/c1-35-13-11-20(24(31)32)27-22(29)17-10-9-16(14-18(17)15-6-3-2-4-7-15)36(33,34)28-23(30)21-19(25)8-5-12-26-21/h2-10,12,14,20H,11,13,25H2,1H3,(H,27,29)(H,28,30)(H,31,32). The number of aromatic nitrogens is 1. The van der Waals surface area contributed by atoms with E-state index in [0.29, 0.717) is 11.3 Å². The van der Waals surface area contributed by atoms with E-state index in [0.717, 1.165) is 6.07 Å². The minimum Gasteiger partial charge on any atom is -0.480 e. The molecule has 12 heteroatoms. The van der Waals surface area contributed by atoms with E-state index in [1.807, 2.05) is 11.0 Å². The number of nitrogen functional groups attached to an aromatic ring is 1. The number of nitrogens with two attached hydrogens (primary N) is 1. The van der Waals surface area contributed by atoms with Gasteiger partial charge in [0.1, 0.15) is 6.04 Å². The number of thioether (sulfide) groups is 1. The number of nitrogens with zero attached hydrogens (tertiary/aromatic N) is 1. The topological polar surface area (TPSA) is 169 Å². The lowest BCUT2D eigenvalue weighted by Gasteiger charge is -2.17. The summed E-state index contributed by atoms with van der Waals surface area (Å²) in [6.07, 6.45) is 3.36. The van der Waals surface area contributed by atoms with Crippen LogP contribution in [0.5, 0.6) is 0 Å². The monoisotopic (exact) mass is 528 g/mol. The molecule has 1 unspecified atom stereocenters. The Kier molecular flexibility index (Phi) is 8.67. The van der Waals surface area contributed by atoms with Gasteiger partial charge in [0.25, 0.3) is 21.8 Å². The largest absolute Gasteiger partial charge is 0.480 e. The third kappa shape index (κ3) is 6.40. The average Bonchev–Trinajstić information content (AvgIpc) is 2.86. The van der Waals surface area contributed by atoms with Crippen LogP contribution in [0.15, 0.2) is 71.8 Å². The zero-order valence-electron chi connectivity index (χ0n) is 19.2. The van der Waals surface area contributed by atoms with Crippen LogP contribution in [0.1, 0.15) is 27.3 Å². The maximum Gasteiger partial charge on any atom is 0.326 e. The maximum atomic E-state index is 13.1. The van der Waals surface area contributed by atoms with Crippen LogP contribution in [-0.4, -0.2) is 54.3 Å². The van der Waals surface area contributed by atoms with E-state index >= 15 is 0 Å². The summed E-state index contributed by atoms with van der Waals surface area (Å²) in [6.45, 7) is 0. The van der Waals surface area contributed by atoms with Gasteiger partial charge in [-0.25, -0.2) is 22.9 Å². The molecule has 0 saturated heterocycles. The van der Waals surface area contributed by atoms with Crippen molar-refractivity contribution in [3.8, 4) is 11.1 Å². The van der Waals surface area contributed by atoms with Gasteiger partial charge in [-0.3, -0.25) is 9.59 Å². The van der Waals surface area contributed by atoms with Crippen LogP contribution >= 0.6 is 11.8 Å². The second kappa shape index (κ2) is 11.7. The van der Waals surface area contributed by atoms with E-state index in [2.05, 4.69) is 10.3 Å². The lowest BCUT2D eigenvalue weighted by molar-refractivity contribution is -0.139. The van der Waals surface area contributed by atoms with Crippen LogP contribution in [0.2, 0.25) is 0 Å². The number of hydrogen-bond donors (Lipinski definition) is 4. The second-order valence-corrected chi connectivity index (χ2v) is 10.3. The van der Waals surface area contributed by atoms with Crippen molar-refractivity contribution in [2.24, 2.45) is 0 Å². The summed E-state index contributed by atoms with van der Waals surface area (Å²) < 4.78 is 27.9. The van der Waals surface area contributed by atoms with Gasteiger partial charge < -0.3 is 16.2 Å². The van der Waals surface area contributed by atoms with Gasteiger partial charge in [-0.1, -0.05) is 30.3 Å². The lowest BCUT2D eigenvalue weighted by Crippen LogP contribution is -2.41. The number of pyridine rings is 1. The first-order valence-electron chi connectivity index (χ1n) is 10.6. The molecule has 1 atom stereocenters. The Labute approximate surface area is 212 Å². The van der Waals surface area contributed by atoms with E-state index in [9.17, 15) is 27.9 Å². The molecule has 5 N–H and O–H groups in total. The summed E-state index contributed by atoms with van der Waals surface area (Å²) >= 11 is 1.45. The highest BCUT2D eigenvalue weighted by Crippen LogP contribution is 2.27. The van der Waals surface area contributed by atoms with Gasteiger partial charge in [0, 0.05) is 11.8 Å². The second-order valence-electron chi connectivity index (χ2n) is 7.60. The Morgan fingerprint density at radius 1 is 1.06 bits per heavy atom. The molecular formula is C24H24N4O6S2. The highest BCUT2D eigenvalue weighted by atomic mass is 32.2. The summed E-state index contributed by atoms with van der Waals surface area (Å²) in [5.41, 5.74) is 6.33. The first-order valence-corrected chi connectivity index (χ1v) is 13.5. The molecule has 0 saturated carbocycles. The molecule has 1 heterocycles. The van der Waals surface area contributed by atoms with Crippen LogP contribution in [0.4, 0.5) is 5.69 Å². The lowest BCUT2D eigenvalue weighted by atomic mass is 9.99. The van der Waals surface area contributed by atoms with Crippen LogP contribution in [0, 0.1) is 0 Å².